The van der Waals surface area contributed by atoms with Crippen molar-refractivity contribution in [3.63, 3.8) is 0 Å². The van der Waals surface area contributed by atoms with E-state index < -0.39 is 0 Å². The smallest absolute Gasteiger partial charge is 0.223 e. The molecule has 4 fully saturated rings. The molecule has 0 aromatic heterocycles. The highest BCUT2D eigenvalue weighted by Crippen LogP contribution is 2.52. The van der Waals surface area contributed by atoms with Gasteiger partial charge in [0.05, 0.1) is 6.04 Å². The first-order valence-electron chi connectivity index (χ1n) is 11.9. The molecule has 1 unspecified atom stereocenters. The third-order valence-electron chi connectivity index (χ3n) is 9.20. The molecule has 28 heavy (non-hydrogen) atoms. The molecule has 3 aliphatic carbocycles. The molecule has 1 amide bonds. The molecule has 3 heteroatoms. The Bertz CT molecular complexity index is 766. The molecule has 2 saturated carbocycles. The zero-order valence-electron chi connectivity index (χ0n) is 17.1. The second-order valence-corrected chi connectivity index (χ2v) is 10.4. The average molecular weight is 379 g/mol. The van der Waals surface area contributed by atoms with Crippen LogP contribution >= 0.6 is 0 Å². The zero-order chi connectivity index (χ0) is 18.7. The first-order valence-corrected chi connectivity index (χ1v) is 11.9. The molecular formula is C25H34N2O. The molecule has 6 rings (SSSR count). The lowest BCUT2D eigenvalue weighted by Gasteiger charge is -2.50. The first kappa shape index (κ1) is 17.5. The second kappa shape index (κ2) is 6.58. The van der Waals surface area contributed by atoms with Crippen LogP contribution in [0.15, 0.2) is 24.3 Å². The van der Waals surface area contributed by atoms with Crippen LogP contribution in [0.25, 0.3) is 0 Å². The normalized spacial score (nSPS) is 37.0. The maximum Gasteiger partial charge on any atom is 0.223 e. The summed E-state index contributed by atoms with van der Waals surface area (Å²) in [6.07, 6.45) is 12.9. The van der Waals surface area contributed by atoms with Crippen LogP contribution in [0.1, 0.15) is 81.4 Å². The minimum atomic E-state index is 0.334. The summed E-state index contributed by atoms with van der Waals surface area (Å²) < 4.78 is 0. The van der Waals surface area contributed by atoms with E-state index in [1.54, 1.807) is 5.56 Å². The minimum absolute atomic E-state index is 0.334. The van der Waals surface area contributed by atoms with Gasteiger partial charge in [0.15, 0.2) is 0 Å². The number of carbonyl (C=O) groups is 1. The van der Waals surface area contributed by atoms with Crippen molar-refractivity contribution >= 4 is 5.91 Å². The van der Waals surface area contributed by atoms with Gasteiger partial charge < -0.3 is 9.80 Å². The van der Waals surface area contributed by atoms with Crippen molar-refractivity contribution in [2.24, 2.45) is 11.8 Å². The molecule has 2 aliphatic heterocycles. The Hall–Kier alpha value is -1.35. The van der Waals surface area contributed by atoms with Crippen LogP contribution in [-0.2, 0) is 10.2 Å². The fourth-order valence-electron chi connectivity index (χ4n) is 7.76. The third-order valence-corrected chi connectivity index (χ3v) is 9.20. The van der Waals surface area contributed by atoms with Gasteiger partial charge in [0, 0.05) is 19.0 Å². The van der Waals surface area contributed by atoms with E-state index in [2.05, 4.69) is 34.1 Å². The van der Waals surface area contributed by atoms with E-state index in [0.717, 1.165) is 43.7 Å². The van der Waals surface area contributed by atoms with Crippen molar-refractivity contribution in [3.05, 3.63) is 35.4 Å². The van der Waals surface area contributed by atoms with Gasteiger partial charge in [-0.25, -0.2) is 0 Å². The van der Waals surface area contributed by atoms with Gasteiger partial charge in [-0.3, -0.25) is 4.79 Å². The molecule has 2 heterocycles. The summed E-state index contributed by atoms with van der Waals surface area (Å²) in [6, 6.07) is 10.4. The Morgan fingerprint density at radius 3 is 2.50 bits per heavy atom. The van der Waals surface area contributed by atoms with E-state index in [1.165, 1.54) is 63.6 Å². The highest BCUT2D eigenvalue weighted by molar-refractivity contribution is 5.78. The van der Waals surface area contributed by atoms with Crippen molar-refractivity contribution in [3.8, 4) is 0 Å². The number of fused-ring (bicyclic) bond motifs is 4. The van der Waals surface area contributed by atoms with Gasteiger partial charge >= 0.3 is 0 Å². The van der Waals surface area contributed by atoms with Gasteiger partial charge in [-0.15, -0.1) is 0 Å². The molecule has 1 spiro atoms. The monoisotopic (exact) mass is 378 g/mol. The van der Waals surface area contributed by atoms with Crippen LogP contribution in [0.5, 0.6) is 0 Å². The Balaban J connectivity index is 1.24. The Morgan fingerprint density at radius 1 is 0.929 bits per heavy atom. The minimum Gasteiger partial charge on any atom is -0.336 e. The molecule has 2 bridgehead atoms. The topological polar surface area (TPSA) is 23.6 Å². The van der Waals surface area contributed by atoms with E-state index >= 15 is 0 Å². The van der Waals surface area contributed by atoms with Crippen molar-refractivity contribution in [2.45, 2.75) is 81.7 Å². The number of nitrogens with zero attached hydrogens (tertiary/aromatic N) is 2. The maximum atomic E-state index is 12.4. The fourth-order valence-corrected chi connectivity index (χ4v) is 7.76. The maximum absolute atomic E-state index is 12.4. The summed E-state index contributed by atoms with van der Waals surface area (Å²) >= 11 is 0. The molecule has 2 saturated heterocycles. The zero-order valence-corrected chi connectivity index (χ0v) is 17.1. The van der Waals surface area contributed by atoms with Crippen molar-refractivity contribution in [2.75, 3.05) is 19.6 Å². The van der Waals surface area contributed by atoms with Crippen molar-refractivity contribution in [1.29, 1.82) is 0 Å². The number of carbonyl (C=O) groups excluding carboxylic acids is 1. The van der Waals surface area contributed by atoms with E-state index in [0.29, 0.717) is 17.4 Å². The Kier molecular flexibility index (Phi) is 4.12. The van der Waals surface area contributed by atoms with E-state index in [-0.39, 0.29) is 0 Å². The lowest BCUT2D eigenvalue weighted by molar-refractivity contribution is -0.130. The van der Waals surface area contributed by atoms with Crippen LogP contribution in [0.2, 0.25) is 0 Å². The number of piperidine rings is 1. The summed E-state index contributed by atoms with van der Waals surface area (Å²) in [6.45, 7) is 3.54. The van der Waals surface area contributed by atoms with E-state index in [9.17, 15) is 4.79 Å². The van der Waals surface area contributed by atoms with Crippen LogP contribution < -0.4 is 0 Å². The van der Waals surface area contributed by atoms with Crippen molar-refractivity contribution < 1.29 is 4.79 Å². The van der Waals surface area contributed by atoms with Crippen LogP contribution in [0.3, 0.4) is 0 Å². The quantitative estimate of drug-likeness (QED) is 0.747. The van der Waals surface area contributed by atoms with Crippen LogP contribution in [0.4, 0.5) is 0 Å². The SMILES string of the molecule is O=C1CCCN1[C@H]1CCC2(CCN([C@@H]3CC4CC[C@H]3C4)CC2)c2ccccc21. The summed E-state index contributed by atoms with van der Waals surface area (Å²) in [7, 11) is 0. The van der Waals surface area contributed by atoms with Crippen LogP contribution in [0, 0.1) is 11.8 Å². The van der Waals surface area contributed by atoms with Gasteiger partial charge in [-0.05, 0) is 92.8 Å². The standard InChI is InChI=1S/C25H34N2O/c28-24-6-3-13-27(24)22-9-10-25(21-5-2-1-4-20(21)22)11-14-26(15-12-25)23-17-18-7-8-19(23)16-18/h1-2,4-5,18-19,22-23H,3,6-17H2/t18?,19-,22-,23+/m0/s1. The molecule has 4 atom stereocenters. The summed E-state index contributed by atoms with van der Waals surface area (Å²) in [5.74, 6) is 2.42. The van der Waals surface area contributed by atoms with Crippen LogP contribution in [-0.4, -0.2) is 41.4 Å². The number of amides is 1. The van der Waals surface area contributed by atoms with Gasteiger partial charge in [-0.2, -0.15) is 0 Å². The van der Waals surface area contributed by atoms with E-state index in [4.69, 9.17) is 0 Å². The van der Waals surface area contributed by atoms with Gasteiger partial charge in [0.1, 0.15) is 0 Å². The molecule has 0 N–H and O–H groups in total. The summed E-state index contributed by atoms with van der Waals surface area (Å²) in [5, 5.41) is 0. The largest absolute Gasteiger partial charge is 0.336 e. The number of hydrogen-bond acceptors (Lipinski definition) is 2. The third kappa shape index (κ3) is 2.61. The highest BCUT2D eigenvalue weighted by Gasteiger charge is 2.47. The summed E-state index contributed by atoms with van der Waals surface area (Å²) in [5.41, 5.74) is 3.42. The van der Waals surface area contributed by atoms with E-state index in [1.807, 2.05) is 0 Å². The molecule has 0 radical (unpaired) electrons. The Morgan fingerprint density at radius 2 is 1.79 bits per heavy atom. The molecule has 5 aliphatic rings. The second-order valence-electron chi connectivity index (χ2n) is 10.4. The number of rotatable bonds is 2. The first-order chi connectivity index (χ1) is 13.7. The molecular weight excluding hydrogens is 344 g/mol. The number of hydrogen-bond donors (Lipinski definition) is 0. The predicted molar refractivity (Wildman–Crippen MR) is 111 cm³/mol. The van der Waals surface area contributed by atoms with Gasteiger partial charge in [0.2, 0.25) is 5.91 Å². The Labute approximate surface area is 169 Å². The molecule has 1 aromatic carbocycles. The van der Waals surface area contributed by atoms with Gasteiger partial charge in [-0.1, -0.05) is 30.7 Å². The van der Waals surface area contributed by atoms with Crippen molar-refractivity contribution in [1.82, 2.24) is 9.80 Å². The fraction of sp³-hybridized carbons (Fsp3) is 0.720. The molecule has 3 nitrogen and oxygen atoms in total. The molecule has 150 valence electrons. The lowest BCUT2D eigenvalue weighted by Crippen LogP contribution is -2.50. The lowest BCUT2D eigenvalue weighted by atomic mass is 9.63. The number of benzene rings is 1. The summed E-state index contributed by atoms with van der Waals surface area (Å²) in [4.78, 5) is 17.5. The predicted octanol–water partition coefficient (Wildman–Crippen LogP) is 4.67. The molecule has 1 aromatic rings. The number of likely N-dealkylation sites (tertiary alicyclic amines) is 2. The highest BCUT2D eigenvalue weighted by atomic mass is 16.2. The average Bonchev–Trinajstić information content (AvgIpc) is 3.47. The van der Waals surface area contributed by atoms with Gasteiger partial charge in [0.25, 0.3) is 0 Å².